The lowest BCUT2D eigenvalue weighted by atomic mass is 10.1. The minimum Gasteiger partial charge on any atom is -0.385 e. The fraction of sp³-hybridized carbons (Fsp3) is 0.167. The number of urea groups is 1. The Balaban J connectivity index is 2.43. The molecule has 1 aliphatic heterocycles. The van der Waals surface area contributed by atoms with Crippen molar-refractivity contribution in [3.63, 3.8) is 0 Å². The molecule has 2 amide bonds. The zero-order chi connectivity index (χ0) is 13.3. The first kappa shape index (κ1) is 12.9. The van der Waals surface area contributed by atoms with Crippen molar-refractivity contribution in [1.29, 1.82) is 0 Å². The standard InChI is InChI=1S/C12H11Cl2N3O/c1-2-3-17-10(11(15)16-12(17)18)7-4-8(13)6-9(14)5-7/h2,4-6,10H,1,3H2,(H2,15,16,18). The molecule has 0 aliphatic carbocycles. The molecule has 0 bridgehead atoms. The zero-order valence-electron chi connectivity index (χ0n) is 9.44. The minimum absolute atomic E-state index is 0.236. The summed E-state index contributed by atoms with van der Waals surface area (Å²) in [5, 5.41) is 0.978. The molecular weight excluding hydrogens is 273 g/mol. The van der Waals surface area contributed by atoms with Gasteiger partial charge >= 0.3 is 6.03 Å². The predicted octanol–water partition coefficient (Wildman–Crippen LogP) is 3.01. The quantitative estimate of drug-likeness (QED) is 0.867. The van der Waals surface area contributed by atoms with Gasteiger partial charge in [0.15, 0.2) is 0 Å². The first-order valence-corrected chi connectivity index (χ1v) is 6.00. The highest BCUT2D eigenvalue weighted by Crippen LogP contribution is 2.30. The number of benzene rings is 1. The van der Waals surface area contributed by atoms with E-state index in [-0.39, 0.29) is 11.9 Å². The van der Waals surface area contributed by atoms with Crippen molar-refractivity contribution in [1.82, 2.24) is 4.90 Å². The zero-order valence-corrected chi connectivity index (χ0v) is 10.9. The van der Waals surface area contributed by atoms with Crippen LogP contribution in [0.3, 0.4) is 0 Å². The summed E-state index contributed by atoms with van der Waals surface area (Å²) >= 11 is 11.9. The van der Waals surface area contributed by atoms with Crippen molar-refractivity contribution in [3.05, 3.63) is 46.5 Å². The van der Waals surface area contributed by atoms with E-state index in [0.717, 1.165) is 5.56 Å². The molecular formula is C12H11Cl2N3O. The van der Waals surface area contributed by atoms with Crippen LogP contribution in [0.15, 0.2) is 35.8 Å². The van der Waals surface area contributed by atoms with E-state index in [0.29, 0.717) is 16.6 Å². The average molecular weight is 284 g/mol. The highest BCUT2D eigenvalue weighted by Gasteiger charge is 2.33. The summed E-state index contributed by atoms with van der Waals surface area (Å²) in [7, 11) is 0. The number of nitrogens with two attached hydrogens (primary N) is 1. The van der Waals surface area contributed by atoms with Crippen molar-refractivity contribution >= 4 is 35.1 Å². The number of nitrogens with zero attached hydrogens (tertiary/aromatic N) is 2. The van der Waals surface area contributed by atoms with Gasteiger partial charge in [-0.1, -0.05) is 29.3 Å². The molecule has 1 aliphatic rings. The van der Waals surface area contributed by atoms with Crippen LogP contribution in [0.5, 0.6) is 0 Å². The van der Waals surface area contributed by atoms with E-state index < -0.39 is 6.04 Å². The summed E-state index contributed by atoms with van der Waals surface area (Å²) in [6.07, 6.45) is 1.62. The van der Waals surface area contributed by atoms with Gasteiger partial charge in [0.1, 0.15) is 11.9 Å². The second kappa shape index (κ2) is 5.00. The van der Waals surface area contributed by atoms with Crippen LogP contribution in [0.2, 0.25) is 10.0 Å². The Kier molecular flexibility index (Phi) is 3.59. The number of hydrogen-bond donors (Lipinski definition) is 1. The molecule has 2 N–H and O–H groups in total. The van der Waals surface area contributed by atoms with Crippen molar-refractivity contribution in [3.8, 4) is 0 Å². The normalized spacial score (nSPS) is 19.0. The van der Waals surface area contributed by atoms with Gasteiger partial charge in [0.05, 0.1) is 0 Å². The van der Waals surface area contributed by atoms with Crippen LogP contribution in [-0.2, 0) is 0 Å². The maximum absolute atomic E-state index is 11.7. The fourth-order valence-corrected chi connectivity index (χ4v) is 2.46. The molecule has 0 saturated heterocycles. The third-order valence-corrected chi connectivity index (χ3v) is 3.03. The van der Waals surface area contributed by atoms with Gasteiger partial charge in [0, 0.05) is 16.6 Å². The van der Waals surface area contributed by atoms with Gasteiger partial charge in [-0.15, -0.1) is 6.58 Å². The van der Waals surface area contributed by atoms with E-state index in [1.165, 1.54) is 4.90 Å². The molecule has 0 saturated carbocycles. The molecule has 4 nitrogen and oxygen atoms in total. The Morgan fingerprint density at radius 1 is 1.39 bits per heavy atom. The number of halogens is 2. The van der Waals surface area contributed by atoms with Gasteiger partial charge in [-0.25, -0.2) is 4.79 Å². The van der Waals surface area contributed by atoms with Crippen molar-refractivity contribution in [2.45, 2.75) is 6.04 Å². The Morgan fingerprint density at radius 3 is 2.56 bits per heavy atom. The number of carbonyl (C=O) groups is 1. The van der Waals surface area contributed by atoms with Crippen molar-refractivity contribution < 1.29 is 4.79 Å². The second-order valence-electron chi connectivity index (χ2n) is 3.87. The Labute approximate surface area is 115 Å². The molecule has 1 aromatic carbocycles. The number of rotatable bonds is 3. The maximum atomic E-state index is 11.7. The molecule has 6 heteroatoms. The molecule has 0 radical (unpaired) electrons. The highest BCUT2D eigenvalue weighted by atomic mass is 35.5. The van der Waals surface area contributed by atoms with E-state index in [9.17, 15) is 4.79 Å². The fourth-order valence-electron chi connectivity index (χ4n) is 1.91. The van der Waals surface area contributed by atoms with Crippen LogP contribution in [0.1, 0.15) is 11.6 Å². The average Bonchev–Trinajstić information content (AvgIpc) is 2.53. The largest absolute Gasteiger partial charge is 0.385 e. The first-order valence-electron chi connectivity index (χ1n) is 5.24. The Bertz CT molecular complexity index is 522. The summed E-state index contributed by atoms with van der Waals surface area (Å²) in [6, 6.07) is 4.24. The van der Waals surface area contributed by atoms with Crippen LogP contribution in [-0.4, -0.2) is 23.3 Å². The maximum Gasteiger partial charge on any atom is 0.346 e. The molecule has 18 heavy (non-hydrogen) atoms. The van der Waals surface area contributed by atoms with Gasteiger partial charge in [0.25, 0.3) is 0 Å². The lowest BCUT2D eigenvalue weighted by molar-refractivity contribution is 0.213. The van der Waals surface area contributed by atoms with Gasteiger partial charge in [-0.3, -0.25) is 0 Å². The van der Waals surface area contributed by atoms with Crippen molar-refractivity contribution in [2.24, 2.45) is 10.7 Å². The second-order valence-corrected chi connectivity index (χ2v) is 4.74. The summed E-state index contributed by atoms with van der Waals surface area (Å²) in [5.41, 5.74) is 6.53. The van der Waals surface area contributed by atoms with E-state index in [1.54, 1.807) is 24.3 Å². The van der Waals surface area contributed by atoms with Crippen LogP contribution in [0, 0.1) is 0 Å². The van der Waals surface area contributed by atoms with E-state index in [1.807, 2.05) is 0 Å². The topological polar surface area (TPSA) is 58.7 Å². The molecule has 0 aromatic heterocycles. The summed E-state index contributed by atoms with van der Waals surface area (Å²) in [4.78, 5) is 16.9. The first-order chi connectivity index (χ1) is 8.52. The highest BCUT2D eigenvalue weighted by molar-refractivity contribution is 6.34. The summed E-state index contributed by atoms with van der Waals surface area (Å²) < 4.78 is 0. The molecule has 1 heterocycles. The molecule has 1 atom stereocenters. The van der Waals surface area contributed by atoms with Crippen molar-refractivity contribution in [2.75, 3.05) is 6.54 Å². The number of amides is 2. The molecule has 1 unspecified atom stereocenters. The molecule has 1 aromatic rings. The lowest BCUT2D eigenvalue weighted by Crippen LogP contribution is -2.33. The molecule has 2 rings (SSSR count). The summed E-state index contributed by atoms with van der Waals surface area (Å²) in [5.74, 6) is 0.236. The third kappa shape index (κ3) is 2.35. The minimum atomic E-state index is -0.438. The Hall–Kier alpha value is -1.52. The summed E-state index contributed by atoms with van der Waals surface area (Å²) in [6.45, 7) is 3.97. The van der Waals surface area contributed by atoms with E-state index in [4.69, 9.17) is 28.9 Å². The van der Waals surface area contributed by atoms with Crippen LogP contribution in [0.25, 0.3) is 0 Å². The smallest absolute Gasteiger partial charge is 0.346 e. The van der Waals surface area contributed by atoms with Crippen LogP contribution in [0.4, 0.5) is 4.79 Å². The van der Waals surface area contributed by atoms with Crippen LogP contribution >= 0.6 is 23.2 Å². The Morgan fingerprint density at radius 2 is 2.00 bits per heavy atom. The van der Waals surface area contributed by atoms with E-state index in [2.05, 4.69) is 11.6 Å². The number of carbonyl (C=O) groups excluding carboxylic acids is 1. The monoisotopic (exact) mass is 283 g/mol. The lowest BCUT2D eigenvalue weighted by Gasteiger charge is -2.23. The van der Waals surface area contributed by atoms with Gasteiger partial charge in [-0.05, 0) is 23.8 Å². The van der Waals surface area contributed by atoms with Gasteiger partial charge in [-0.2, -0.15) is 4.99 Å². The molecule has 0 spiro atoms. The number of amidine groups is 1. The van der Waals surface area contributed by atoms with E-state index >= 15 is 0 Å². The number of hydrogen-bond acceptors (Lipinski definition) is 2. The molecule has 94 valence electrons. The predicted molar refractivity (Wildman–Crippen MR) is 73.1 cm³/mol. The van der Waals surface area contributed by atoms with Gasteiger partial charge in [0.2, 0.25) is 0 Å². The third-order valence-electron chi connectivity index (χ3n) is 2.59. The molecule has 0 fully saturated rings. The van der Waals surface area contributed by atoms with Gasteiger partial charge < -0.3 is 10.6 Å². The number of aliphatic imine (C=N–C) groups is 1. The SMILES string of the molecule is C=CCN1C(=O)N=C(N)C1c1cc(Cl)cc(Cl)c1. The van der Waals surface area contributed by atoms with Crippen LogP contribution < -0.4 is 5.73 Å².